The Morgan fingerprint density at radius 1 is 1.29 bits per heavy atom. The van der Waals surface area contributed by atoms with Crippen LogP contribution in [0, 0.1) is 0 Å². The van der Waals surface area contributed by atoms with Crippen LogP contribution in [0.2, 0.25) is 5.02 Å². The van der Waals surface area contributed by atoms with Crippen molar-refractivity contribution < 1.29 is 14.3 Å². The maximum Gasteiger partial charge on any atom is 0.407 e. The molecule has 1 atom stereocenters. The maximum absolute atomic E-state index is 11.4. The molecule has 0 aromatic heterocycles. The van der Waals surface area contributed by atoms with Crippen molar-refractivity contribution >= 4 is 23.6 Å². The number of ether oxygens (including phenoxy) is 1. The Balaban J connectivity index is 2.63. The molecule has 0 aliphatic heterocycles. The van der Waals surface area contributed by atoms with E-state index >= 15 is 0 Å². The van der Waals surface area contributed by atoms with Crippen LogP contribution < -0.4 is 10.6 Å². The zero-order chi connectivity index (χ0) is 15.7. The second kappa shape index (κ2) is 9.02. The van der Waals surface area contributed by atoms with Gasteiger partial charge in [-0.25, -0.2) is 4.79 Å². The van der Waals surface area contributed by atoms with Crippen molar-refractivity contribution in [2.75, 3.05) is 19.7 Å². The van der Waals surface area contributed by atoms with Crippen molar-refractivity contribution in [3.05, 3.63) is 47.5 Å². The Labute approximate surface area is 129 Å². The SMILES string of the molecule is C=CCOC(=O)NCC(CNC(C)=O)c1ccc(Cl)cc1. The summed E-state index contributed by atoms with van der Waals surface area (Å²) >= 11 is 5.86. The summed E-state index contributed by atoms with van der Waals surface area (Å²) in [5.41, 5.74) is 0.970. The Morgan fingerprint density at radius 2 is 1.90 bits per heavy atom. The fourth-order valence-electron chi connectivity index (χ4n) is 1.70. The minimum absolute atomic E-state index is 0.0672. The van der Waals surface area contributed by atoms with E-state index in [4.69, 9.17) is 16.3 Å². The van der Waals surface area contributed by atoms with E-state index in [1.165, 1.54) is 13.0 Å². The number of alkyl carbamates (subject to hydrolysis) is 1. The largest absolute Gasteiger partial charge is 0.445 e. The Hall–Kier alpha value is -2.01. The lowest BCUT2D eigenvalue weighted by Gasteiger charge is -2.18. The Bertz CT molecular complexity index is 488. The molecule has 0 heterocycles. The molecule has 0 radical (unpaired) electrons. The molecular formula is C15H19ClN2O3. The Kier molecular flexibility index (Phi) is 7.32. The topological polar surface area (TPSA) is 67.4 Å². The molecule has 6 heteroatoms. The minimum Gasteiger partial charge on any atom is -0.445 e. The summed E-state index contributed by atoms with van der Waals surface area (Å²) in [7, 11) is 0. The van der Waals surface area contributed by atoms with Gasteiger partial charge in [0.15, 0.2) is 0 Å². The van der Waals surface area contributed by atoms with Gasteiger partial charge in [-0.05, 0) is 17.7 Å². The highest BCUT2D eigenvalue weighted by Crippen LogP contribution is 2.17. The average Bonchev–Trinajstić information content (AvgIpc) is 2.46. The minimum atomic E-state index is -0.517. The second-order valence-corrected chi connectivity index (χ2v) is 4.89. The van der Waals surface area contributed by atoms with Gasteiger partial charge < -0.3 is 15.4 Å². The van der Waals surface area contributed by atoms with Gasteiger partial charge in [0, 0.05) is 31.0 Å². The summed E-state index contributed by atoms with van der Waals surface area (Å²) in [6, 6.07) is 7.28. The Morgan fingerprint density at radius 3 is 2.48 bits per heavy atom. The molecule has 2 amide bonds. The number of halogens is 1. The van der Waals surface area contributed by atoms with E-state index in [1.807, 2.05) is 12.1 Å². The van der Waals surface area contributed by atoms with Crippen molar-refractivity contribution in [1.82, 2.24) is 10.6 Å². The molecule has 1 rings (SSSR count). The highest BCUT2D eigenvalue weighted by Gasteiger charge is 2.14. The van der Waals surface area contributed by atoms with Gasteiger partial charge in [-0.15, -0.1) is 0 Å². The average molecular weight is 311 g/mol. The van der Waals surface area contributed by atoms with Gasteiger partial charge in [0.2, 0.25) is 5.91 Å². The summed E-state index contributed by atoms with van der Waals surface area (Å²) in [5.74, 6) is -0.189. The highest BCUT2D eigenvalue weighted by atomic mass is 35.5. The van der Waals surface area contributed by atoms with Crippen molar-refractivity contribution in [2.45, 2.75) is 12.8 Å². The molecule has 1 aromatic rings. The molecule has 0 spiro atoms. The van der Waals surface area contributed by atoms with Gasteiger partial charge >= 0.3 is 6.09 Å². The maximum atomic E-state index is 11.4. The number of benzene rings is 1. The van der Waals surface area contributed by atoms with E-state index in [-0.39, 0.29) is 18.4 Å². The summed E-state index contributed by atoms with van der Waals surface area (Å²) in [6.45, 7) is 5.83. The first-order valence-corrected chi connectivity index (χ1v) is 6.92. The van der Waals surface area contributed by atoms with E-state index in [1.54, 1.807) is 12.1 Å². The number of amides is 2. The van der Waals surface area contributed by atoms with Crippen molar-refractivity contribution in [3.8, 4) is 0 Å². The third-order valence-corrected chi connectivity index (χ3v) is 3.02. The molecule has 2 N–H and O–H groups in total. The number of carbonyl (C=O) groups is 2. The fourth-order valence-corrected chi connectivity index (χ4v) is 1.83. The molecule has 0 saturated heterocycles. The molecule has 21 heavy (non-hydrogen) atoms. The van der Waals surface area contributed by atoms with Crippen LogP contribution in [0.5, 0.6) is 0 Å². The summed E-state index contributed by atoms with van der Waals surface area (Å²) < 4.78 is 4.85. The molecule has 5 nitrogen and oxygen atoms in total. The van der Waals surface area contributed by atoms with E-state index in [9.17, 15) is 9.59 Å². The molecule has 0 bridgehead atoms. The van der Waals surface area contributed by atoms with Gasteiger partial charge in [0.1, 0.15) is 6.61 Å². The van der Waals surface area contributed by atoms with E-state index < -0.39 is 6.09 Å². The van der Waals surface area contributed by atoms with Crippen LogP contribution in [0.3, 0.4) is 0 Å². The lowest BCUT2D eigenvalue weighted by molar-refractivity contribution is -0.119. The molecule has 0 aliphatic carbocycles. The third-order valence-electron chi connectivity index (χ3n) is 2.76. The van der Waals surface area contributed by atoms with Gasteiger partial charge in [-0.1, -0.05) is 36.4 Å². The number of hydrogen-bond donors (Lipinski definition) is 2. The lowest BCUT2D eigenvalue weighted by atomic mass is 9.99. The second-order valence-electron chi connectivity index (χ2n) is 4.45. The smallest absolute Gasteiger partial charge is 0.407 e. The zero-order valence-corrected chi connectivity index (χ0v) is 12.7. The number of rotatable bonds is 7. The first-order valence-electron chi connectivity index (χ1n) is 6.54. The summed E-state index contributed by atoms with van der Waals surface area (Å²) in [6.07, 6.45) is 0.977. The quantitative estimate of drug-likeness (QED) is 0.760. The van der Waals surface area contributed by atoms with Crippen LogP contribution >= 0.6 is 11.6 Å². The van der Waals surface area contributed by atoms with Crippen LogP contribution in [0.4, 0.5) is 4.79 Å². The summed E-state index contributed by atoms with van der Waals surface area (Å²) in [5, 5.41) is 6.04. The standard InChI is InChI=1S/C15H19ClN2O3/c1-3-8-21-15(20)18-10-13(9-17-11(2)19)12-4-6-14(16)7-5-12/h3-7,13H,1,8-10H2,2H3,(H,17,19)(H,18,20). The molecular weight excluding hydrogens is 292 g/mol. The van der Waals surface area contributed by atoms with E-state index in [0.29, 0.717) is 18.1 Å². The molecule has 1 unspecified atom stereocenters. The highest BCUT2D eigenvalue weighted by molar-refractivity contribution is 6.30. The van der Waals surface area contributed by atoms with E-state index in [0.717, 1.165) is 5.56 Å². The van der Waals surface area contributed by atoms with Gasteiger partial charge in [0.25, 0.3) is 0 Å². The number of carbonyl (C=O) groups excluding carboxylic acids is 2. The molecule has 0 aliphatic rings. The van der Waals surface area contributed by atoms with Crippen LogP contribution in [-0.4, -0.2) is 31.7 Å². The first kappa shape index (κ1) is 17.0. The third kappa shape index (κ3) is 6.81. The predicted octanol–water partition coefficient (Wildman–Crippen LogP) is 2.47. The first-order chi connectivity index (χ1) is 10.0. The van der Waals surface area contributed by atoms with Crippen molar-refractivity contribution in [2.24, 2.45) is 0 Å². The summed E-state index contributed by atoms with van der Waals surface area (Å²) in [4.78, 5) is 22.5. The van der Waals surface area contributed by atoms with Gasteiger partial charge in [-0.3, -0.25) is 4.79 Å². The van der Waals surface area contributed by atoms with Crippen LogP contribution in [-0.2, 0) is 9.53 Å². The van der Waals surface area contributed by atoms with E-state index in [2.05, 4.69) is 17.2 Å². The molecule has 114 valence electrons. The van der Waals surface area contributed by atoms with Gasteiger partial charge in [-0.2, -0.15) is 0 Å². The lowest BCUT2D eigenvalue weighted by Crippen LogP contribution is -2.35. The van der Waals surface area contributed by atoms with Crippen molar-refractivity contribution in [3.63, 3.8) is 0 Å². The molecule has 0 fully saturated rings. The fraction of sp³-hybridized carbons (Fsp3) is 0.333. The zero-order valence-electron chi connectivity index (χ0n) is 11.9. The monoisotopic (exact) mass is 310 g/mol. The number of nitrogens with one attached hydrogen (secondary N) is 2. The van der Waals surface area contributed by atoms with Gasteiger partial charge in [0.05, 0.1) is 0 Å². The molecule has 1 aromatic carbocycles. The normalized spacial score (nSPS) is 11.3. The van der Waals surface area contributed by atoms with Crippen LogP contribution in [0.1, 0.15) is 18.4 Å². The van der Waals surface area contributed by atoms with Crippen LogP contribution in [0.25, 0.3) is 0 Å². The molecule has 0 saturated carbocycles. The predicted molar refractivity (Wildman–Crippen MR) is 82.4 cm³/mol. The van der Waals surface area contributed by atoms with Crippen molar-refractivity contribution in [1.29, 1.82) is 0 Å². The van der Waals surface area contributed by atoms with Crippen LogP contribution in [0.15, 0.2) is 36.9 Å². The number of hydrogen-bond acceptors (Lipinski definition) is 3.